The molecule has 3 N–H and O–H groups in total. The fourth-order valence-electron chi connectivity index (χ4n) is 1.92. The third kappa shape index (κ3) is 2.59. The van der Waals surface area contributed by atoms with E-state index in [1.54, 1.807) is 24.9 Å². The Labute approximate surface area is 111 Å². The first-order chi connectivity index (χ1) is 9.02. The molecule has 2 rings (SSSR count). The Morgan fingerprint density at radius 1 is 1.53 bits per heavy atom. The van der Waals surface area contributed by atoms with Gasteiger partial charge >= 0.3 is 0 Å². The molecular weight excluding hydrogens is 244 g/mol. The van der Waals surface area contributed by atoms with E-state index in [-0.39, 0.29) is 5.84 Å². The third-order valence-corrected chi connectivity index (χ3v) is 2.72. The van der Waals surface area contributed by atoms with Gasteiger partial charge in [0, 0.05) is 13.6 Å². The van der Waals surface area contributed by atoms with E-state index in [0.717, 1.165) is 13.0 Å². The van der Waals surface area contributed by atoms with Crippen molar-refractivity contribution in [3.8, 4) is 11.6 Å². The molecule has 2 aromatic rings. The number of aromatic nitrogens is 4. The lowest BCUT2D eigenvalue weighted by molar-refractivity contribution is 0.428. The number of rotatable bonds is 5. The lowest BCUT2D eigenvalue weighted by Crippen LogP contribution is -2.13. The second-order valence-corrected chi connectivity index (χ2v) is 4.34. The van der Waals surface area contributed by atoms with E-state index < -0.39 is 0 Å². The highest BCUT2D eigenvalue weighted by Crippen LogP contribution is 2.26. The number of nitrogens with one attached hydrogen (secondary N) is 1. The van der Waals surface area contributed by atoms with E-state index in [9.17, 15) is 0 Å². The minimum absolute atomic E-state index is 0.0541. The Hall–Kier alpha value is -2.31. The van der Waals surface area contributed by atoms with Gasteiger partial charge in [-0.3, -0.25) is 10.1 Å². The van der Waals surface area contributed by atoms with Crippen molar-refractivity contribution in [1.29, 1.82) is 5.41 Å². The monoisotopic (exact) mass is 262 g/mol. The molecule has 102 valence electrons. The van der Waals surface area contributed by atoms with Crippen molar-refractivity contribution in [2.75, 3.05) is 0 Å². The molecule has 19 heavy (non-hydrogen) atoms. The number of amidine groups is 1. The summed E-state index contributed by atoms with van der Waals surface area (Å²) in [6.07, 6.45) is 4.46. The quantitative estimate of drug-likeness (QED) is 0.629. The summed E-state index contributed by atoms with van der Waals surface area (Å²) in [6.45, 7) is 4.72. The molecule has 0 aliphatic heterocycles. The second kappa shape index (κ2) is 5.13. The van der Waals surface area contributed by atoms with Gasteiger partial charge in [0.05, 0.1) is 18.1 Å². The molecule has 0 aromatic carbocycles. The molecule has 0 unspecified atom stereocenters. The summed E-state index contributed by atoms with van der Waals surface area (Å²) < 4.78 is 9.13. The van der Waals surface area contributed by atoms with Gasteiger partial charge in [0.1, 0.15) is 11.4 Å². The topological polar surface area (TPSA) is 94.7 Å². The summed E-state index contributed by atoms with van der Waals surface area (Å²) in [7, 11) is 1.76. The number of nitrogens with two attached hydrogens (primary N) is 1. The molecule has 7 nitrogen and oxygen atoms in total. The van der Waals surface area contributed by atoms with Gasteiger partial charge in [-0.1, -0.05) is 6.92 Å². The number of ether oxygens (including phenoxy) is 1. The van der Waals surface area contributed by atoms with Gasteiger partial charge in [-0.15, -0.1) is 0 Å². The summed E-state index contributed by atoms with van der Waals surface area (Å²) in [5.74, 6) is 1.02. The van der Waals surface area contributed by atoms with Crippen LogP contribution in [0.2, 0.25) is 0 Å². The Kier molecular flexibility index (Phi) is 3.55. The van der Waals surface area contributed by atoms with E-state index >= 15 is 0 Å². The van der Waals surface area contributed by atoms with Crippen molar-refractivity contribution in [2.24, 2.45) is 12.8 Å². The van der Waals surface area contributed by atoms with Crippen LogP contribution in [0.25, 0.3) is 0 Å². The largest absolute Gasteiger partial charge is 0.435 e. The van der Waals surface area contributed by atoms with Crippen LogP contribution in [0.1, 0.15) is 24.6 Å². The Morgan fingerprint density at radius 3 is 2.89 bits per heavy atom. The number of aryl methyl sites for hydroxylation is 3. The van der Waals surface area contributed by atoms with E-state index in [1.807, 2.05) is 10.9 Å². The van der Waals surface area contributed by atoms with Crippen molar-refractivity contribution in [3.05, 3.63) is 23.7 Å². The normalized spacial score (nSPS) is 10.7. The van der Waals surface area contributed by atoms with E-state index in [2.05, 4.69) is 17.1 Å². The number of nitrogens with zero attached hydrogens (tertiary/aromatic N) is 4. The van der Waals surface area contributed by atoms with Gasteiger partial charge in [0.2, 0.25) is 5.88 Å². The van der Waals surface area contributed by atoms with Gasteiger partial charge in [-0.25, -0.2) is 4.68 Å². The van der Waals surface area contributed by atoms with Crippen molar-refractivity contribution < 1.29 is 4.74 Å². The van der Waals surface area contributed by atoms with Crippen molar-refractivity contribution in [1.82, 2.24) is 19.6 Å². The van der Waals surface area contributed by atoms with Crippen LogP contribution in [0.3, 0.4) is 0 Å². The molecule has 0 saturated heterocycles. The van der Waals surface area contributed by atoms with Crippen molar-refractivity contribution in [3.63, 3.8) is 0 Å². The van der Waals surface area contributed by atoms with Crippen molar-refractivity contribution in [2.45, 2.75) is 26.8 Å². The average Bonchev–Trinajstić information content (AvgIpc) is 2.86. The highest BCUT2D eigenvalue weighted by atomic mass is 16.5. The maximum Gasteiger partial charge on any atom is 0.229 e. The minimum atomic E-state index is -0.0541. The molecule has 0 amide bonds. The summed E-state index contributed by atoms with van der Waals surface area (Å²) in [5.41, 5.74) is 6.76. The first-order valence-corrected chi connectivity index (χ1v) is 6.11. The van der Waals surface area contributed by atoms with Crippen LogP contribution < -0.4 is 10.5 Å². The van der Waals surface area contributed by atoms with Crippen LogP contribution in [0.4, 0.5) is 0 Å². The van der Waals surface area contributed by atoms with Crippen LogP contribution in [0, 0.1) is 12.3 Å². The number of nitrogen functional groups attached to an aromatic ring is 1. The van der Waals surface area contributed by atoms with Crippen LogP contribution in [-0.2, 0) is 13.6 Å². The zero-order valence-electron chi connectivity index (χ0n) is 11.3. The van der Waals surface area contributed by atoms with Gasteiger partial charge in [0.25, 0.3) is 0 Å². The molecule has 2 heterocycles. The molecule has 0 fully saturated rings. The molecule has 0 atom stereocenters. The molecule has 0 aliphatic carbocycles. The second-order valence-electron chi connectivity index (χ2n) is 4.34. The highest BCUT2D eigenvalue weighted by molar-refractivity contribution is 5.98. The molecule has 7 heteroatoms. The predicted octanol–water partition coefficient (Wildman–Crippen LogP) is 1.41. The molecule has 0 saturated carbocycles. The first kappa shape index (κ1) is 13.1. The minimum Gasteiger partial charge on any atom is -0.435 e. The number of hydrogen-bond donors (Lipinski definition) is 2. The first-order valence-electron chi connectivity index (χ1n) is 6.11. The lowest BCUT2D eigenvalue weighted by Gasteiger charge is -2.05. The zero-order chi connectivity index (χ0) is 14.0. The Balaban J connectivity index is 2.29. The predicted molar refractivity (Wildman–Crippen MR) is 71.6 cm³/mol. The van der Waals surface area contributed by atoms with Crippen LogP contribution in [-0.4, -0.2) is 25.4 Å². The van der Waals surface area contributed by atoms with Crippen LogP contribution in [0.5, 0.6) is 11.6 Å². The Morgan fingerprint density at radius 2 is 2.26 bits per heavy atom. The van der Waals surface area contributed by atoms with E-state index in [0.29, 0.717) is 22.9 Å². The van der Waals surface area contributed by atoms with Crippen LogP contribution in [0.15, 0.2) is 12.4 Å². The van der Waals surface area contributed by atoms with Gasteiger partial charge < -0.3 is 10.5 Å². The third-order valence-electron chi connectivity index (χ3n) is 2.72. The molecular formula is C12H18N6O. The standard InChI is InChI=1S/C12H18N6O/c1-4-5-18-7-9(6-15-18)19-12-10(11(13)14)8(2)16-17(12)3/h6-7H,4-5H2,1-3H3,(H3,13,14). The summed E-state index contributed by atoms with van der Waals surface area (Å²) >= 11 is 0. The van der Waals surface area contributed by atoms with E-state index in [1.165, 1.54) is 0 Å². The summed E-state index contributed by atoms with van der Waals surface area (Å²) in [4.78, 5) is 0. The van der Waals surface area contributed by atoms with Gasteiger partial charge in [-0.05, 0) is 13.3 Å². The molecule has 2 aromatic heterocycles. The molecule has 0 radical (unpaired) electrons. The van der Waals surface area contributed by atoms with Gasteiger partial charge in [-0.2, -0.15) is 10.2 Å². The van der Waals surface area contributed by atoms with Crippen LogP contribution >= 0.6 is 0 Å². The lowest BCUT2D eigenvalue weighted by atomic mass is 10.2. The van der Waals surface area contributed by atoms with Crippen molar-refractivity contribution >= 4 is 5.84 Å². The summed E-state index contributed by atoms with van der Waals surface area (Å²) in [5, 5.41) is 16.0. The molecule has 0 spiro atoms. The average molecular weight is 262 g/mol. The Bertz CT molecular complexity index is 597. The van der Waals surface area contributed by atoms with E-state index in [4.69, 9.17) is 15.9 Å². The summed E-state index contributed by atoms with van der Waals surface area (Å²) in [6, 6.07) is 0. The maximum atomic E-state index is 7.59. The SMILES string of the molecule is CCCn1cc(Oc2c(C(=N)N)c(C)nn2C)cn1. The highest BCUT2D eigenvalue weighted by Gasteiger charge is 2.18. The smallest absolute Gasteiger partial charge is 0.229 e. The van der Waals surface area contributed by atoms with Gasteiger partial charge in [0.15, 0.2) is 5.75 Å². The fourth-order valence-corrected chi connectivity index (χ4v) is 1.92. The number of hydrogen-bond acceptors (Lipinski definition) is 4. The molecule has 0 bridgehead atoms. The maximum absolute atomic E-state index is 7.59. The zero-order valence-corrected chi connectivity index (χ0v) is 11.3. The fraction of sp³-hybridized carbons (Fsp3) is 0.417. The molecule has 0 aliphatic rings.